The maximum Gasteiger partial charge on any atom is 0.280 e. The number of amides is 1. The number of pyridine rings is 2. The van der Waals surface area contributed by atoms with Crippen molar-refractivity contribution in [3.05, 3.63) is 46.5 Å². The lowest BCUT2D eigenvalue weighted by molar-refractivity contribution is 0.102. The number of alkyl halides is 2. The lowest BCUT2D eigenvalue weighted by Crippen LogP contribution is -2.19. The van der Waals surface area contributed by atoms with Crippen LogP contribution >= 0.6 is 11.3 Å². The predicted molar refractivity (Wildman–Crippen MR) is 139 cm³/mol. The Balaban J connectivity index is 1.47. The fraction of sp³-hybridized carbons (Fsp3) is 0.370. The van der Waals surface area contributed by atoms with Crippen molar-refractivity contribution in [1.29, 1.82) is 0 Å². The van der Waals surface area contributed by atoms with Gasteiger partial charge in [-0.05, 0) is 62.7 Å². The molecule has 3 aromatic heterocycles. The first-order chi connectivity index (χ1) is 18.5. The van der Waals surface area contributed by atoms with Crippen LogP contribution in [-0.4, -0.2) is 57.7 Å². The van der Waals surface area contributed by atoms with Crippen LogP contribution in [0.25, 0.3) is 11.1 Å². The number of rotatable bonds is 6. The van der Waals surface area contributed by atoms with Crippen molar-refractivity contribution in [2.75, 3.05) is 32.1 Å². The summed E-state index contributed by atoms with van der Waals surface area (Å²) in [7, 11) is 1.41. The third kappa shape index (κ3) is 6.31. The molecule has 1 amide bonds. The first-order valence-corrected chi connectivity index (χ1v) is 13.0. The minimum absolute atomic E-state index is 0.139. The fourth-order valence-corrected chi connectivity index (χ4v) is 4.54. The van der Waals surface area contributed by atoms with Crippen LogP contribution in [-0.2, 0) is 0 Å². The number of methoxy groups -OCH3 is 1. The smallest absolute Gasteiger partial charge is 0.280 e. The molecule has 11 heteroatoms. The van der Waals surface area contributed by atoms with Crippen molar-refractivity contribution in [1.82, 2.24) is 25.1 Å². The fourth-order valence-electron chi connectivity index (χ4n) is 3.94. The number of carbonyl (C=O) groups excluding carboxylic acids is 1. The molecule has 1 saturated heterocycles. The molecule has 3 aromatic rings. The topological polar surface area (TPSA) is 93.1 Å². The van der Waals surface area contributed by atoms with Crippen molar-refractivity contribution in [3.63, 3.8) is 0 Å². The average Bonchev–Trinajstić information content (AvgIpc) is 3.40. The summed E-state index contributed by atoms with van der Waals surface area (Å²) in [5, 5.41) is 11.5. The van der Waals surface area contributed by atoms with Gasteiger partial charge in [0.25, 0.3) is 12.3 Å². The molecule has 0 bridgehead atoms. The highest BCUT2D eigenvalue weighted by Gasteiger charge is 2.22. The summed E-state index contributed by atoms with van der Waals surface area (Å²) >= 11 is 1.16. The van der Waals surface area contributed by atoms with Crippen LogP contribution in [0.15, 0.2) is 24.5 Å². The van der Waals surface area contributed by atoms with E-state index in [9.17, 15) is 13.6 Å². The molecule has 1 aliphatic carbocycles. The maximum absolute atomic E-state index is 13.5. The van der Waals surface area contributed by atoms with Gasteiger partial charge in [-0.1, -0.05) is 23.2 Å². The van der Waals surface area contributed by atoms with Gasteiger partial charge in [0.1, 0.15) is 17.1 Å². The molecule has 0 aromatic carbocycles. The van der Waals surface area contributed by atoms with E-state index in [1.54, 1.807) is 6.07 Å². The number of nitrogens with zero attached hydrogens (tertiary/aromatic N) is 5. The van der Waals surface area contributed by atoms with Crippen molar-refractivity contribution in [2.45, 2.75) is 32.1 Å². The predicted octanol–water partition coefficient (Wildman–Crippen LogP) is 4.40. The first kappa shape index (κ1) is 25.7. The molecule has 0 spiro atoms. The number of hydrogen-bond acceptors (Lipinski definition) is 8. The Morgan fingerprint density at radius 1 is 1.16 bits per heavy atom. The third-order valence-electron chi connectivity index (χ3n) is 6.09. The SMILES string of the molecule is COc1cnc(C(F)F)cc1-c1cc(C#CCN2CCCC2)ncc1C(=O)Nc1nnc(C#CC2CC2)s1. The Hall–Kier alpha value is -3.93. The van der Waals surface area contributed by atoms with E-state index in [4.69, 9.17) is 4.74 Å². The van der Waals surface area contributed by atoms with Crippen LogP contribution in [0.3, 0.4) is 0 Å². The molecule has 38 heavy (non-hydrogen) atoms. The molecular formula is C27H24F2N6O2S. The van der Waals surface area contributed by atoms with Crippen LogP contribution in [0.5, 0.6) is 5.75 Å². The molecular weight excluding hydrogens is 510 g/mol. The van der Waals surface area contributed by atoms with E-state index < -0.39 is 18.0 Å². The van der Waals surface area contributed by atoms with E-state index in [2.05, 4.69) is 54.1 Å². The largest absolute Gasteiger partial charge is 0.494 e. The van der Waals surface area contributed by atoms with Crippen LogP contribution in [0.2, 0.25) is 0 Å². The minimum atomic E-state index is -2.80. The third-order valence-corrected chi connectivity index (χ3v) is 6.85. The Morgan fingerprint density at radius 2 is 1.97 bits per heavy atom. The van der Waals surface area contributed by atoms with E-state index in [1.165, 1.54) is 25.6 Å². The molecule has 1 N–H and O–H groups in total. The van der Waals surface area contributed by atoms with Gasteiger partial charge in [-0.15, -0.1) is 10.2 Å². The van der Waals surface area contributed by atoms with Gasteiger partial charge in [-0.2, -0.15) is 0 Å². The Labute approximate surface area is 222 Å². The molecule has 1 saturated carbocycles. The molecule has 1 aliphatic heterocycles. The lowest BCUT2D eigenvalue weighted by atomic mass is 9.99. The van der Waals surface area contributed by atoms with Crippen LogP contribution in [0.4, 0.5) is 13.9 Å². The van der Waals surface area contributed by atoms with Crippen molar-refractivity contribution in [2.24, 2.45) is 5.92 Å². The second kappa shape index (κ2) is 11.6. The average molecular weight is 535 g/mol. The zero-order valence-corrected chi connectivity index (χ0v) is 21.4. The number of hydrogen-bond donors (Lipinski definition) is 1. The van der Waals surface area contributed by atoms with Crippen LogP contribution in [0, 0.1) is 29.6 Å². The van der Waals surface area contributed by atoms with E-state index in [-0.39, 0.29) is 22.0 Å². The summed E-state index contributed by atoms with van der Waals surface area (Å²) in [4.78, 5) is 23.7. The normalized spacial score (nSPS) is 14.9. The summed E-state index contributed by atoms with van der Waals surface area (Å²) in [6.07, 6.45) is 4.30. The zero-order valence-electron chi connectivity index (χ0n) is 20.6. The summed E-state index contributed by atoms with van der Waals surface area (Å²) in [5.41, 5.74) is 0.722. The summed E-state index contributed by atoms with van der Waals surface area (Å²) in [5.74, 6) is 12.3. The van der Waals surface area contributed by atoms with Crippen LogP contribution in [0.1, 0.15) is 58.9 Å². The Morgan fingerprint density at radius 3 is 2.71 bits per heavy atom. The van der Waals surface area contributed by atoms with Crippen LogP contribution < -0.4 is 10.1 Å². The zero-order chi connectivity index (χ0) is 26.5. The number of aromatic nitrogens is 4. The highest BCUT2D eigenvalue weighted by molar-refractivity contribution is 7.15. The second-order valence-corrected chi connectivity index (χ2v) is 9.90. The van der Waals surface area contributed by atoms with E-state index >= 15 is 0 Å². The lowest BCUT2D eigenvalue weighted by Gasteiger charge is -2.14. The molecule has 4 heterocycles. The van der Waals surface area contributed by atoms with Gasteiger partial charge in [-0.25, -0.2) is 13.8 Å². The highest BCUT2D eigenvalue weighted by atomic mass is 32.1. The standard InChI is InChI=1S/C27H24F2N6O2S/c1-37-23-16-31-22(25(28)29)14-20(23)19-13-18(5-4-12-35-10-2-3-11-35)30-15-21(19)26(36)32-27-34-33-24(38-27)9-8-17-6-7-17/h13-17,25H,2-3,6-7,10-12H2,1H3,(H,32,34,36). The van der Waals surface area contributed by atoms with Gasteiger partial charge in [0.05, 0.1) is 25.4 Å². The van der Waals surface area contributed by atoms with Gasteiger partial charge in [0.15, 0.2) is 5.01 Å². The van der Waals surface area contributed by atoms with Crippen molar-refractivity contribution in [3.8, 4) is 40.6 Å². The molecule has 194 valence electrons. The van der Waals surface area contributed by atoms with Gasteiger partial charge < -0.3 is 4.74 Å². The molecule has 2 aliphatic rings. The number of carbonyl (C=O) groups is 1. The first-order valence-electron chi connectivity index (χ1n) is 12.2. The van der Waals surface area contributed by atoms with E-state index in [0.29, 0.717) is 28.7 Å². The van der Waals surface area contributed by atoms with Gasteiger partial charge >= 0.3 is 0 Å². The molecule has 2 fully saturated rings. The molecule has 0 radical (unpaired) electrons. The molecule has 0 unspecified atom stereocenters. The quantitative estimate of drug-likeness (QED) is 0.469. The Bertz CT molecular complexity index is 1460. The second-order valence-electron chi connectivity index (χ2n) is 8.92. The number of nitrogens with one attached hydrogen (secondary N) is 1. The summed E-state index contributed by atoms with van der Waals surface area (Å²) in [6, 6.07) is 2.82. The summed E-state index contributed by atoms with van der Waals surface area (Å²) in [6.45, 7) is 2.63. The van der Waals surface area contributed by atoms with Gasteiger partial charge in [-0.3, -0.25) is 20.0 Å². The molecule has 8 nitrogen and oxygen atoms in total. The highest BCUT2D eigenvalue weighted by Crippen LogP contribution is 2.35. The number of likely N-dealkylation sites (tertiary alicyclic amines) is 1. The van der Waals surface area contributed by atoms with Gasteiger partial charge in [0, 0.05) is 23.2 Å². The number of halogens is 2. The van der Waals surface area contributed by atoms with Crippen molar-refractivity contribution >= 4 is 22.4 Å². The number of anilines is 1. The summed E-state index contributed by atoms with van der Waals surface area (Å²) < 4.78 is 32.4. The molecule has 5 rings (SSSR count). The molecule has 0 atom stereocenters. The number of ether oxygens (including phenoxy) is 1. The van der Waals surface area contributed by atoms with E-state index in [0.717, 1.165) is 50.1 Å². The Kier molecular flexibility index (Phi) is 7.87. The maximum atomic E-state index is 13.5. The van der Waals surface area contributed by atoms with Crippen molar-refractivity contribution < 1.29 is 18.3 Å². The van der Waals surface area contributed by atoms with E-state index in [1.807, 2.05) is 0 Å². The monoisotopic (exact) mass is 534 g/mol. The van der Waals surface area contributed by atoms with Gasteiger partial charge in [0.2, 0.25) is 5.13 Å². The minimum Gasteiger partial charge on any atom is -0.494 e.